The van der Waals surface area contributed by atoms with Crippen molar-refractivity contribution in [1.29, 1.82) is 0 Å². The molecule has 1 aliphatic rings. The molecule has 0 aromatic heterocycles. The van der Waals surface area contributed by atoms with Crippen molar-refractivity contribution in [1.82, 2.24) is 15.5 Å². The van der Waals surface area contributed by atoms with E-state index >= 15 is 0 Å². The van der Waals surface area contributed by atoms with Gasteiger partial charge in [0.15, 0.2) is 0 Å². The molecule has 1 heterocycles. The van der Waals surface area contributed by atoms with E-state index in [1.165, 1.54) is 0 Å². The van der Waals surface area contributed by atoms with Crippen LogP contribution in [0.25, 0.3) is 0 Å². The van der Waals surface area contributed by atoms with E-state index in [4.69, 9.17) is 9.47 Å². The zero-order valence-electron chi connectivity index (χ0n) is 18.1. The first-order chi connectivity index (χ1) is 14.4. The molecule has 0 unspecified atom stereocenters. The molecule has 8 nitrogen and oxygen atoms in total. The SMILES string of the molecule is COCCNC(=O)[C@@H]1CCC[C@@H](NC(=O)Cc2cccc(OC)c2)CN(C)C(=O)C1. The van der Waals surface area contributed by atoms with Crippen molar-refractivity contribution in [3.05, 3.63) is 29.8 Å². The fraction of sp³-hybridized carbons (Fsp3) is 0.591. The predicted molar refractivity (Wildman–Crippen MR) is 113 cm³/mol. The summed E-state index contributed by atoms with van der Waals surface area (Å²) in [5.41, 5.74) is 0.868. The summed E-state index contributed by atoms with van der Waals surface area (Å²) in [6.07, 6.45) is 2.51. The fourth-order valence-corrected chi connectivity index (χ4v) is 3.61. The standard InChI is InChI=1S/C22H33N3O5/c1-25-15-18(24-20(26)13-16-6-4-9-19(12-16)30-3)8-5-7-17(14-21(25)27)22(28)23-10-11-29-2/h4,6,9,12,17-18H,5,7-8,10-11,13-15H2,1-3H3,(H,23,28)(H,24,26)/t17-,18-/m1/s1. The Labute approximate surface area is 178 Å². The molecule has 3 amide bonds. The average molecular weight is 420 g/mol. The molecule has 2 atom stereocenters. The van der Waals surface area contributed by atoms with Gasteiger partial charge in [-0.25, -0.2) is 0 Å². The number of hydrogen-bond acceptors (Lipinski definition) is 5. The van der Waals surface area contributed by atoms with Crippen LogP contribution in [0.4, 0.5) is 0 Å². The lowest BCUT2D eigenvalue weighted by molar-refractivity contribution is -0.135. The largest absolute Gasteiger partial charge is 0.497 e. The number of amides is 3. The predicted octanol–water partition coefficient (Wildman–Crippen LogP) is 1.13. The van der Waals surface area contributed by atoms with Crippen molar-refractivity contribution >= 4 is 17.7 Å². The molecule has 30 heavy (non-hydrogen) atoms. The maximum atomic E-state index is 12.6. The number of likely N-dealkylation sites (N-methyl/N-ethyl adjacent to an activating group) is 1. The molecule has 8 heteroatoms. The molecule has 1 saturated heterocycles. The Morgan fingerprint density at radius 1 is 1.23 bits per heavy atom. The number of nitrogens with zero attached hydrogens (tertiary/aromatic N) is 1. The van der Waals surface area contributed by atoms with Crippen LogP contribution in [0, 0.1) is 5.92 Å². The Morgan fingerprint density at radius 2 is 2.03 bits per heavy atom. The number of carbonyl (C=O) groups is 3. The summed E-state index contributed by atoms with van der Waals surface area (Å²) >= 11 is 0. The minimum absolute atomic E-state index is 0.0872. The second-order valence-electron chi connectivity index (χ2n) is 7.68. The highest BCUT2D eigenvalue weighted by Gasteiger charge is 2.27. The quantitative estimate of drug-likeness (QED) is 0.616. The summed E-state index contributed by atoms with van der Waals surface area (Å²) in [7, 11) is 4.89. The summed E-state index contributed by atoms with van der Waals surface area (Å²) < 4.78 is 10.2. The molecule has 166 valence electrons. The van der Waals surface area contributed by atoms with Gasteiger partial charge in [-0.1, -0.05) is 18.6 Å². The minimum Gasteiger partial charge on any atom is -0.497 e. The zero-order chi connectivity index (χ0) is 21.9. The van der Waals surface area contributed by atoms with Gasteiger partial charge >= 0.3 is 0 Å². The van der Waals surface area contributed by atoms with Crippen LogP contribution in [0.15, 0.2) is 24.3 Å². The van der Waals surface area contributed by atoms with Crippen LogP contribution in [-0.4, -0.2) is 69.6 Å². The number of ether oxygens (including phenoxy) is 2. The van der Waals surface area contributed by atoms with Crippen LogP contribution in [0.3, 0.4) is 0 Å². The van der Waals surface area contributed by atoms with Crippen LogP contribution in [-0.2, 0) is 25.5 Å². The average Bonchev–Trinajstić information content (AvgIpc) is 2.78. The Balaban J connectivity index is 1.93. The number of rotatable bonds is 8. The van der Waals surface area contributed by atoms with Crippen LogP contribution < -0.4 is 15.4 Å². The highest BCUT2D eigenvalue weighted by atomic mass is 16.5. The van der Waals surface area contributed by atoms with Gasteiger partial charge in [-0.05, 0) is 30.5 Å². The molecule has 0 bridgehead atoms. The second-order valence-corrected chi connectivity index (χ2v) is 7.68. The summed E-state index contributed by atoms with van der Waals surface area (Å²) in [5.74, 6) is 0.0540. The van der Waals surface area contributed by atoms with E-state index < -0.39 is 0 Å². The van der Waals surface area contributed by atoms with Gasteiger partial charge < -0.3 is 25.0 Å². The molecular formula is C22H33N3O5. The van der Waals surface area contributed by atoms with Crippen molar-refractivity contribution in [2.75, 3.05) is 41.0 Å². The second kappa shape index (κ2) is 12.2. The molecule has 1 aromatic carbocycles. The first-order valence-electron chi connectivity index (χ1n) is 10.4. The van der Waals surface area contributed by atoms with Gasteiger partial charge in [0, 0.05) is 45.6 Å². The minimum atomic E-state index is -0.358. The molecule has 1 fully saturated rings. The molecular weight excluding hydrogens is 386 g/mol. The molecule has 0 spiro atoms. The number of carbonyl (C=O) groups excluding carboxylic acids is 3. The smallest absolute Gasteiger partial charge is 0.224 e. The van der Waals surface area contributed by atoms with Crippen molar-refractivity contribution < 1.29 is 23.9 Å². The van der Waals surface area contributed by atoms with E-state index in [0.717, 1.165) is 12.0 Å². The lowest BCUT2D eigenvalue weighted by atomic mass is 9.96. The third-order valence-corrected chi connectivity index (χ3v) is 5.29. The zero-order valence-corrected chi connectivity index (χ0v) is 18.1. The van der Waals surface area contributed by atoms with Crippen LogP contribution in [0.1, 0.15) is 31.2 Å². The molecule has 0 aliphatic carbocycles. The number of nitrogens with one attached hydrogen (secondary N) is 2. The fourth-order valence-electron chi connectivity index (χ4n) is 3.61. The molecule has 1 aromatic rings. The lowest BCUT2D eigenvalue weighted by Crippen LogP contribution is -2.44. The summed E-state index contributed by atoms with van der Waals surface area (Å²) in [6.45, 7) is 1.30. The molecule has 0 saturated carbocycles. The summed E-state index contributed by atoms with van der Waals surface area (Å²) in [4.78, 5) is 39.1. The van der Waals surface area contributed by atoms with Gasteiger partial charge in [-0.3, -0.25) is 14.4 Å². The van der Waals surface area contributed by atoms with E-state index in [0.29, 0.717) is 38.3 Å². The van der Waals surface area contributed by atoms with E-state index in [9.17, 15) is 14.4 Å². The van der Waals surface area contributed by atoms with Crippen LogP contribution in [0.2, 0.25) is 0 Å². The van der Waals surface area contributed by atoms with Gasteiger partial charge in [0.2, 0.25) is 17.7 Å². The van der Waals surface area contributed by atoms with E-state index in [-0.39, 0.29) is 42.5 Å². The molecule has 2 N–H and O–H groups in total. The maximum Gasteiger partial charge on any atom is 0.224 e. The normalized spacial score (nSPS) is 20.0. The number of benzene rings is 1. The molecule has 0 radical (unpaired) electrons. The maximum absolute atomic E-state index is 12.6. The topological polar surface area (TPSA) is 97.0 Å². The highest BCUT2D eigenvalue weighted by Crippen LogP contribution is 2.19. The number of hydrogen-bond donors (Lipinski definition) is 2. The monoisotopic (exact) mass is 419 g/mol. The first-order valence-corrected chi connectivity index (χ1v) is 10.4. The van der Waals surface area contributed by atoms with Gasteiger partial charge in [0.25, 0.3) is 0 Å². The lowest BCUT2D eigenvalue weighted by Gasteiger charge is -2.24. The third-order valence-electron chi connectivity index (χ3n) is 5.29. The van der Waals surface area contributed by atoms with Crippen molar-refractivity contribution in [3.63, 3.8) is 0 Å². The van der Waals surface area contributed by atoms with Gasteiger partial charge in [0.05, 0.1) is 20.1 Å². The van der Waals surface area contributed by atoms with Crippen molar-refractivity contribution in [2.45, 2.75) is 38.1 Å². The van der Waals surface area contributed by atoms with E-state index in [1.807, 2.05) is 24.3 Å². The Hall–Kier alpha value is -2.61. The van der Waals surface area contributed by atoms with Crippen molar-refractivity contribution in [2.24, 2.45) is 5.92 Å². The Kier molecular flexibility index (Phi) is 9.60. The first kappa shape index (κ1) is 23.7. The van der Waals surface area contributed by atoms with E-state index in [1.54, 1.807) is 26.2 Å². The Bertz CT molecular complexity index is 724. The summed E-state index contributed by atoms with van der Waals surface area (Å²) in [5, 5.41) is 5.87. The third kappa shape index (κ3) is 7.67. The Morgan fingerprint density at radius 3 is 2.77 bits per heavy atom. The van der Waals surface area contributed by atoms with Crippen LogP contribution in [0.5, 0.6) is 5.75 Å². The number of methoxy groups -OCH3 is 2. The van der Waals surface area contributed by atoms with Crippen LogP contribution >= 0.6 is 0 Å². The molecule has 2 rings (SSSR count). The van der Waals surface area contributed by atoms with Gasteiger partial charge in [-0.2, -0.15) is 0 Å². The van der Waals surface area contributed by atoms with Gasteiger partial charge in [-0.15, -0.1) is 0 Å². The summed E-state index contributed by atoms with van der Waals surface area (Å²) in [6, 6.07) is 7.26. The molecule has 1 aliphatic heterocycles. The highest BCUT2D eigenvalue weighted by molar-refractivity contribution is 5.86. The van der Waals surface area contributed by atoms with Crippen molar-refractivity contribution in [3.8, 4) is 5.75 Å². The van der Waals surface area contributed by atoms with E-state index in [2.05, 4.69) is 10.6 Å². The van der Waals surface area contributed by atoms with Gasteiger partial charge in [0.1, 0.15) is 5.75 Å².